The Morgan fingerprint density at radius 2 is 2.00 bits per heavy atom. The van der Waals surface area contributed by atoms with Crippen LogP contribution in [0.3, 0.4) is 0 Å². The topological polar surface area (TPSA) is 64.9 Å². The summed E-state index contributed by atoms with van der Waals surface area (Å²) in [7, 11) is 0. The monoisotopic (exact) mass is 483 g/mol. The number of thiophene rings is 1. The number of fused-ring (bicyclic) bond motifs is 1. The molecule has 1 amide bonds. The number of carbonyl (C=O) groups is 1. The lowest BCUT2D eigenvalue weighted by atomic mass is 9.91. The third-order valence-electron chi connectivity index (χ3n) is 4.82. The van der Waals surface area contributed by atoms with Gasteiger partial charge in [0.1, 0.15) is 11.7 Å². The lowest BCUT2D eigenvalue weighted by Crippen LogP contribution is -2.61. The zero-order valence-electron chi connectivity index (χ0n) is 17.3. The molecule has 4 nitrogen and oxygen atoms in total. The fraction of sp³-hybridized carbons (Fsp3) is 0.455. The molecule has 1 aromatic heterocycles. The van der Waals surface area contributed by atoms with Gasteiger partial charge in [-0.25, -0.2) is 4.39 Å². The van der Waals surface area contributed by atoms with Crippen LogP contribution >= 0.6 is 23.1 Å². The number of nitrogens with one attached hydrogen (secondary N) is 2. The predicted octanol–water partition coefficient (Wildman–Crippen LogP) is 4.51. The van der Waals surface area contributed by atoms with Gasteiger partial charge in [-0.1, -0.05) is 30.0 Å². The van der Waals surface area contributed by atoms with E-state index in [9.17, 15) is 27.6 Å². The summed E-state index contributed by atoms with van der Waals surface area (Å²) in [4.78, 5) is 12.8. The highest BCUT2D eigenvalue weighted by atomic mass is 32.2. The number of carbonyl (C=O) groups excluding carboxylic acids is 1. The summed E-state index contributed by atoms with van der Waals surface area (Å²) in [5.41, 5.74) is -4.83. The van der Waals surface area contributed by atoms with Gasteiger partial charge in [0.05, 0.1) is 17.9 Å². The lowest BCUT2D eigenvalue weighted by Gasteiger charge is -2.36. The minimum atomic E-state index is -4.91. The number of thioether (sulfide) groups is 1. The fourth-order valence-corrected chi connectivity index (χ4v) is 5.24. The zero-order chi connectivity index (χ0) is 23.6. The Labute approximate surface area is 191 Å². The van der Waals surface area contributed by atoms with Crippen molar-refractivity contribution in [2.45, 2.75) is 49.7 Å². The van der Waals surface area contributed by atoms with E-state index in [1.807, 2.05) is 6.07 Å². The molecular formula is C22H21F4N3OS2. The molecule has 1 aliphatic heterocycles. The van der Waals surface area contributed by atoms with Crippen LogP contribution in [0.1, 0.15) is 25.1 Å². The van der Waals surface area contributed by atoms with Crippen molar-refractivity contribution >= 4 is 39.1 Å². The highest BCUT2D eigenvalue weighted by Gasteiger charge is 2.58. The van der Waals surface area contributed by atoms with E-state index < -0.39 is 41.8 Å². The number of amides is 1. The van der Waals surface area contributed by atoms with Gasteiger partial charge < -0.3 is 5.32 Å². The van der Waals surface area contributed by atoms with Crippen LogP contribution < -0.4 is 10.6 Å². The predicted molar refractivity (Wildman–Crippen MR) is 119 cm³/mol. The van der Waals surface area contributed by atoms with Crippen molar-refractivity contribution < 1.29 is 22.4 Å². The number of hydrogen-bond acceptors (Lipinski definition) is 5. The van der Waals surface area contributed by atoms with Crippen LogP contribution in [0.15, 0.2) is 30.3 Å². The molecule has 0 saturated carbocycles. The molecule has 2 heterocycles. The van der Waals surface area contributed by atoms with Crippen molar-refractivity contribution in [1.82, 2.24) is 10.6 Å². The van der Waals surface area contributed by atoms with Gasteiger partial charge in [-0.15, -0.1) is 23.1 Å². The van der Waals surface area contributed by atoms with Gasteiger partial charge in [0.2, 0.25) is 11.4 Å². The third-order valence-corrected chi connectivity index (χ3v) is 6.98. The fourth-order valence-electron chi connectivity index (χ4n) is 3.36. The van der Waals surface area contributed by atoms with Gasteiger partial charge in [-0.2, -0.15) is 18.4 Å². The van der Waals surface area contributed by atoms with E-state index in [1.165, 1.54) is 19.9 Å². The molecule has 0 unspecified atom stereocenters. The number of rotatable bonds is 3. The van der Waals surface area contributed by atoms with E-state index in [1.54, 1.807) is 24.3 Å². The first-order valence-corrected chi connectivity index (χ1v) is 11.7. The molecular weight excluding hydrogens is 462 g/mol. The Morgan fingerprint density at radius 3 is 2.62 bits per heavy atom. The van der Waals surface area contributed by atoms with E-state index in [2.05, 4.69) is 22.5 Å². The number of alkyl halides is 4. The summed E-state index contributed by atoms with van der Waals surface area (Å²) in [6.45, 7) is 2.37. The summed E-state index contributed by atoms with van der Waals surface area (Å²) in [5, 5.41) is 14.7. The van der Waals surface area contributed by atoms with E-state index >= 15 is 0 Å². The standard InChI is InChI=1S/C22H21F4N3OS2/c1-20(2,23)11-16-19(30)28-15(12-27)13-31-9-5-8-21(29-16,22(24,25)26)18-10-14-6-3-4-7-17(14)32-18/h3-4,6-7,10,15-16,29H,9,11,13H2,1-2H3,(H,28,30)/t15-,16+,21+/m1/s1. The summed E-state index contributed by atoms with van der Waals surface area (Å²) >= 11 is 2.06. The molecule has 0 radical (unpaired) electrons. The molecule has 1 aromatic carbocycles. The molecule has 0 spiro atoms. The second kappa shape index (κ2) is 9.30. The Kier molecular flexibility index (Phi) is 7.09. The maximum absolute atomic E-state index is 14.7. The lowest BCUT2D eigenvalue weighted by molar-refractivity contribution is -0.184. The average Bonchev–Trinajstić information content (AvgIpc) is 3.12. The molecule has 0 bridgehead atoms. The SMILES string of the molecule is CC(C)(F)C[C@@H]1N[C@@](c2cc3ccccc3s2)(C(F)(F)F)C#CCSC[C@@H](C#N)NC1=O. The van der Waals surface area contributed by atoms with Crippen LogP contribution in [0, 0.1) is 23.2 Å². The molecule has 1 aliphatic rings. The van der Waals surface area contributed by atoms with Crippen molar-refractivity contribution in [1.29, 1.82) is 5.26 Å². The highest BCUT2D eigenvalue weighted by Crippen LogP contribution is 2.44. The maximum Gasteiger partial charge on any atom is 0.423 e. The van der Waals surface area contributed by atoms with Crippen molar-refractivity contribution in [3.05, 3.63) is 35.2 Å². The number of nitriles is 1. The number of hydrogen-bond donors (Lipinski definition) is 2. The second-order valence-electron chi connectivity index (χ2n) is 8.02. The van der Waals surface area contributed by atoms with E-state index in [0.717, 1.165) is 23.1 Å². The molecule has 170 valence electrons. The van der Waals surface area contributed by atoms with Gasteiger partial charge >= 0.3 is 6.18 Å². The van der Waals surface area contributed by atoms with Gasteiger partial charge in [0.15, 0.2) is 0 Å². The Hall–Kier alpha value is -2.27. The molecule has 32 heavy (non-hydrogen) atoms. The Balaban J connectivity index is 2.19. The quantitative estimate of drug-likeness (QED) is 0.498. The number of benzene rings is 1. The molecule has 3 rings (SSSR count). The zero-order valence-corrected chi connectivity index (χ0v) is 19.0. The summed E-state index contributed by atoms with van der Waals surface area (Å²) in [6.07, 6.45) is -5.44. The summed E-state index contributed by atoms with van der Waals surface area (Å²) < 4.78 is 59.2. The smallest absolute Gasteiger partial charge is 0.338 e. The molecule has 2 N–H and O–H groups in total. The first-order valence-electron chi connectivity index (χ1n) is 9.75. The molecule has 0 fully saturated rings. The van der Waals surface area contributed by atoms with Crippen LogP contribution in [0.2, 0.25) is 0 Å². The van der Waals surface area contributed by atoms with Gasteiger partial charge in [0, 0.05) is 21.8 Å². The van der Waals surface area contributed by atoms with Gasteiger partial charge in [-0.3, -0.25) is 10.1 Å². The summed E-state index contributed by atoms with van der Waals surface area (Å²) in [6, 6.07) is 7.65. The van der Waals surface area contributed by atoms with Crippen LogP contribution in [0.25, 0.3) is 10.1 Å². The Bertz CT molecular complexity index is 1060. The number of nitrogens with zero attached hydrogens (tertiary/aromatic N) is 1. The largest absolute Gasteiger partial charge is 0.423 e. The molecule has 10 heteroatoms. The second-order valence-corrected chi connectivity index (χ2v) is 10.1. The van der Waals surface area contributed by atoms with Crippen molar-refractivity contribution in [3.63, 3.8) is 0 Å². The van der Waals surface area contributed by atoms with E-state index in [-0.39, 0.29) is 16.4 Å². The minimum absolute atomic E-state index is 0.0394. The van der Waals surface area contributed by atoms with E-state index in [4.69, 9.17) is 0 Å². The van der Waals surface area contributed by atoms with Crippen molar-refractivity contribution in [2.75, 3.05) is 11.5 Å². The van der Waals surface area contributed by atoms with Crippen molar-refractivity contribution in [3.8, 4) is 17.9 Å². The molecule has 0 saturated heterocycles. The number of halogens is 4. The van der Waals surface area contributed by atoms with Crippen LogP contribution in [0.4, 0.5) is 17.6 Å². The van der Waals surface area contributed by atoms with Crippen LogP contribution in [-0.4, -0.2) is 41.3 Å². The first kappa shape index (κ1) is 24.4. The van der Waals surface area contributed by atoms with Crippen molar-refractivity contribution in [2.24, 2.45) is 0 Å². The minimum Gasteiger partial charge on any atom is -0.338 e. The maximum atomic E-state index is 14.7. The molecule has 2 aromatic rings. The average molecular weight is 484 g/mol. The summed E-state index contributed by atoms with van der Waals surface area (Å²) in [5.74, 6) is 4.22. The normalized spacial score (nSPS) is 25.2. The Morgan fingerprint density at radius 1 is 1.28 bits per heavy atom. The molecule has 0 aliphatic carbocycles. The third kappa shape index (κ3) is 5.37. The van der Waals surface area contributed by atoms with Crippen LogP contribution in [-0.2, 0) is 10.3 Å². The van der Waals surface area contributed by atoms with Crippen LogP contribution in [0.5, 0.6) is 0 Å². The molecule has 3 atom stereocenters. The van der Waals surface area contributed by atoms with Gasteiger partial charge in [-0.05, 0) is 31.4 Å². The first-order chi connectivity index (χ1) is 14.9. The highest BCUT2D eigenvalue weighted by molar-refractivity contribution is 7.99. The van der Waals surface area contributed by atoms with Gasteiger partial charge in [0.25, 0.3) is 0 Å². The van der Waals surface area contributed by atoms with E-state index in [0.29, 0.717) is 10.1 Å².